The van der Waals surface area contributed by atoms with E-state index in [-0.39, 0.29) is 12.2 Å². The molecule has 1 aliphatic heterocycles. The summed E-state index contributed by atoms with van der Waals surface area (Å²) in [4.78, 5) is 26.1. The number of hydrogen-bond donors (Lipinski definition) is 1. The molecule has 0 bridgehead atoms. The molecular weight excluding hydrogens is 461 g/mol. The van der Waals surface area contributed by atoms with E-state index in [4.69, 9.17) is 10.5 Å². The van der Waals surface area contributed by atoms with Gasteiger partial charge < -0.3 is 15.4 Å². The van der Waals surface area contributed by atoms with Crippen molar-refractivity contribution in [3.05, 3.63) is 53.3 Å². The number of ketones is 1. The lowest BCUT2D eigenvalue weighted by molar-refractivity contribution is -0.119. The van der Waals surface area contributed by atoms with Crippen LogP contribution in [0.2, 0.25) is 0 Å². The summed E-state index contributed by atoms with van der Waals surface area (Å²) in [6.07, 6.45) is -1.04. The maximum atomic E-state index is 14.8. The van der Waals surface area contributed by atoms with E-state index in [0.29, 0.717) is 17.4 Å². The Morgan fingerprint density at radius 3 is 2.45 bits per heavy atom. The Bertz CT molecular complexity index is 1230. The first-order chi connectivity index (χ1) is 15.4. The minimum atomic E-state index is -4.17. The zero-order chi connectivity index (χ0) is 24.1. The molecule has 176 valence electrons. The monoisotopic (exact) mass is 482 g/mol. The number of sulfone groups is 1. The van der Waals surface area contributed by atoms with E-state index in [0.717, 1.165) is 11.0 Å². The standard InChI is InChI=1S/C22H21F3N2O5S/c1-32-14-4-2-12(3-5-14)10-27-18-7-15(19(28)6-13-9-22(13,24)25)16(23)8-20(18)33(30,31)11-17(26)21(27)29/h2-5,7-8,13,17H,6,9-11,26H2,1H3/t13?,17-/m0/s1. The third kappa shape index (κ3) is 4.47. The van der Waals surface area contributed by atoms with Crippen molar-refractivity contribution in [3.63, 3.8) is 0 Å². The maximum Gasteiger partial charge on any atom is 0.252 e. The number of carbonyl (C=O) groups excluding carboxylic acids is 2. The normalized spacial score (nSPS) is 22.9. The number of alkyl halides is 2. The molecule has 4 rings (SSSR count). The minimum absolute atomic E-state index is 0.112. The Balaban J connectivity index is 1.78. The molecule has 2 atom stereocenters. The number of benzene rings is 2. The summed E-state index contributed by atoms with van der Waals surface area (Å²) in [6, 6.07) is 6.80. The number of hydrogen-bond acceptors (Lipinski definition) is 6. The molecule has 7 nitrogen and oxygen atoms in total. The van der Waals surface area contributed by atoms with Crippen LogP contribution < -0.4 is 15.4 Å². The molecule has 2 aromatic rings. The van der Waals surface area contributed by atoms with Gasteiger partial charge in [0.1, 0.15) is 11.6 Å². The molecule has 0 radical (unpaired) electrons. The van der Waals surface area contributed by atoms with Crippen LogP contribution in [-0.4, -0.2) is 44.9 Å². The molecule has 1 heterocycles. The first kappa shape index (κ1) is 23.2. The molecule has 1 unspecified atom stereocenters. The highest BCUT2D eigenvalue weighted by Crippen LogP contribution is 2.51. The SMILES string of the molecule is COc1ccc(CN2C(=O)[C@@H](N)CS(=O)(=O)c3cc(F)c(C(=O)CC4CC4(F)F)cc32)cc1. The summed E-state index contributed by atoms with van der Waals surface area (Å²) in [5, 5.41) is 0. The Labute approximate surface area is 188 Å². The number of ether oxygens (including phenoxy) is 1. The Kier molecular flexibility index (Phi) is 5.73. The number of rotatable bonds is 6. The Hall–Kier alpha value is -2.92. The topological polar surface area (TPSA) is 107 Å². The average Bonchev–Trinajstić information content (AvgIpc) is 3.37. The molecule has 0 spiro atoms. The van der Waals surface area contributed by atoms with Crippen molar-refractivity contribution >= 4 is 27.2 Å². The van der Waals surface area contributed by atoms with Crippen molar-refractivity contribution in [1.29, 1.82) is 0 Å². The van der Waals surface area contributed by atoms with Gasteiger partial charge in [0.2, 0.25) is 5.91 Å². The molecule has 11 heteroatoms. The molecule has 2 N–H and O–H groups in total. The molecule has 0 aromatic heterocycles. The van der Waals surface area contributed by atoms with Gasteiger partial charge in [0.15, 0.2) is 15.6 Å². The zero-order valence-electron chi connectivity index (χ0n) is 17.6. The van der Waals surface area contributed by atoms with Crippen molar-refractivity contribution in [2.75, 3.05) is 17.8 Å². The largest absolute Gasteiger partial charge is 0.497 e. The number of methoxy groups -OCH3 is 1. The predicted molar refractivity (Wildman–Crippen MR) is 113 cm³/mol. The fourth-order valence-electron chi connectivity index (χ4n) is 3.84. The van der Waals surface area contributed by atoms with Crippen molar-refractivity contribution in [2.24, 2.45) is 11.7 Å². The van der Waals surface area contributed by atoms with E-state index in [1.807, 2.05) is 0 Å². The van der Waals surface area contributed by atoms with Gasteiger partial charge in [-0.25, -0.2) is 21.6 Å². The quantitative estimate of drug-likeness (QED) is 0.635. The Morgan fingerprint density at radius 1 is 1.24 bits per heavy atom. The lowest BCUT2D eigenvalue weighted by atomic mass is 10.0. The van der Waals surface area contributed by atoms with Gasteiger partial charge in [-0.15, -0.1) is 0 Å². The first-order valence-corrected chi connectivity index (χ1v) is 11.8. The van der Waals surface area contributed by atoms with Gasteiger partial charge in [0.05, 0.1) is 41.6 Å². The van der Waals surface area contributed by atoms with Crippen LogP contribution in [0.15, 0.2) is 41.3 Å². The van der Waals surface area contributed by atoms with E-state index < -0.39 is 74.3 Å². The minimum Gasteiger partial charge on any atom is -0.497 e. The van der Waals surface area contributed by atoms with Crippen molar-refractivity contribution in [1.82, 2.24) is 0 Å². The summed E-state index contributed by atoms with van der Waals surface area (Å²) in [5.41, 5.74) is 5.66. The number of nitrogens with zero attached hydrogens (tertiary/aromatic N) is 1. The molecule has 2 aromatic carbocycles. The van der Waals surface area contributed by atoms with E-state index in [9.17, 15) is 31.2 Å². The van der Waals surface area contributed by atoms with E-state index in [1.54, 1.807) is 24.3 Å². The van der Waals surface area contributed by atoms with Crippen LogP contribution in [0.3, 0.4) is 0 Å². The third-order valence-electron chi connectivity index (χ3n) is 5.84. The average molecular weight is 482 g/mol. The van der Waals surface area contributed by atoms with Gasteiger partial charge >= 0.3 is 0 Å². The zero-order valence-corrected chi connectivity index (χ0v) is 18.4. The second-order valence-electron chi connectivity index (χ2n) is 8.25. The predicted octanol–water partition coefficient (Wildman–Crippen LogP) is 2.71. The molecule has 1 saturated carbocycles. The number of halogens is 3. The highest BCUT2D eigenvalue weighted by molar-refractivity contribution is 7.91. The summed E-state index contributed by atoms with van der Waals surface area (Å²) in [5.74, 6) is -7.10. The van der Waals surface area contributed by atoms with Crippen molar-refractivity contribution < 1.29 is 35.9 Å². The summed E-state index contributed by atoms with van der Waals surface area (Å²) in [6.45, 7) is -0.112. The third-order valence-corrected chi connectivity index (χ3v) is 7.64. The lowest BCUT2D eigenvalue weighted by Crippen LogP contribution is -2.45. The number of nitrogens with two attached hydrogens (primary N) is 1. The van der Waals surface area contributed by atoms with E-state index in [1.165, 1.54) is 7.11 Å². The van der Waals surface area contributed by atoms with Crippen molar-refractivity contribution in [3.8, 4) is 5.75 Å². The molecule has 1 amide bonds. The van der Waals surface area contributed by atoms with Gasteiger partial charge in [-0.3, -0.25) is 9.59 Å². The van der Waals surface area contributed by atoms with E-state index in [2.05, 4.69) is 0 Å². The van der Waals surface area contributed by atoms with Crippen LogP contribution in [-0.2, 0) is 21.2 Å². The summed E-state index contributed by atoms with van der Waals surface area (Å²) < 4.78 is 72.0. The van der Waals surface area contributed by atoms with Gasteiger partial charge in [0, 0.05) is 18.8 Å². The summed E-state index contributed by atoms with van der Waals surface area (Å²) in [7, 11) is -2.69. The fourth-order valence-corrected chi connectivity index (χ4v) is 5.40. The van der Waals surface area contributed by atoms with Crippen LogP contribution in [0.5, 0.6) is 5.75 Å². The molecular formula is C22H21F3N2O5S. The molecule has 2 aliphatic rings. The molecule has 33 heavy (non-hydrogen) atoms. The van der Waals surface area contributed by atoms with Crippen LogP contribution in [0.25, 0.3) is 0 Å². The van der Waals surface area contributed by atoms with Crippen LogP contribution >= 0.6 is 0 Å². The maximum absolute atomic E-state index is 14.8. The number of Topliss-reactive ketones (excluding diaryl/α,β-unsaturated/α-hetero) is 1. The van der Waals surface area contributed by atoms with Crippen LogP contribution in [0, 0.1) is 11.7 Å². The van der Waals surface area contributed by atoms with Crippen LogP contribution in [0.1, 0.15) is 28.8 Å². The smallest absolute Gasteiger partial charge is 0.252 e. The number of anilines is 1. The molecule has 1 aliphatic carbocycles. The summed E-state index contributed by atoms with van der Waals surface area (Å²) >= 11 is 0. The number of amides is 1. The highest BCUT2D eigenvalue weighted by Gasteiger charge is 2.57. The van der Waals surface area contributed by atoms with E-state index >= 15 is 0 Å². The molecule has 1 fully saturated rings. The second-order valence-corrected chi connectivity index (χ2v) is 10.3. The van der Waals surface area contributed by atoms with Crippen molar-refractivity contribution in [2.45, 2.75) is 36.2 Å². The second kappa shape index (κ2) is 8.14. The number of fused-ring (bicyclic) bond motifs is 1. The lowest BCUT2D eigenvalue weighted by Gasteiger charge is -2.25. The van der Waals surface area contributed by atoms with Gasteiger partial charge in [-0.1, -0.05) is 12.1 Å². The highest BCUT2D eigenvalue weighted by atomic mass is 32.2. The van der Waals surface area contributed by atoms with Crippen LogP contribution in [0.4, 0.5) is 18.9 Å². The number of carbonyl (C=O) groups is 2. The fraction of sp³-hybridized carbons (Fsp3) is 0.364. The first-order valence-electron chi connectivity index (χ1n) is 10.1. The van der Waals surface area contributed by atoms with Gasteiger partial charge in [-0.2, -0.15) is 0 Å². The Morgan fingerprint density at radius 2 is 1.88 bits per heavy atom. The van der Waals surface area contributed by atoms with Gasteiger partial charge in [0.25, 0.3) is 5.92 Å². The van der Waals surface area contributed by atoms with Gasteiger partial charge in [-0.05, 0) is 29.8 Å². The molecule has 0 saturated heterocycles.